The van der Waals surface area contributed by atoms with Gasteiger partial charge in [-0.2, -0.15) is 0 Å². The van der Waals surface area contributed by atoms with E-state index in [4.69, 9.17) is 0 Å². The normalized spacial score (nSPS) is 32.0. The van der Waals surface area contributed by atoms with Crippen molar-refractivity contribution in [3.05, 3.63) is 0 Å². The molecule has 0 atom stereocenters. The first-order valence-corrected chi connectivity index (χ1v) is 4.74. The summed E-state index contributed by atoms with van der Waals surface area (Å²) in [5.74, 6) is -0.396. The van der Waals surface area contributed by atoms with E-state index in [9.17, 15) is 12.9 Å². The predicted octanol–water partition coefficient (Wildman–Crippen LogP) is 3.80. The van der Waals surface area contributed by atoms with Crippen LogP contribution in [0.5, 0.6) is 0 Å². The number of hydrogen-bond donors (Lipinski definition) is 0. The molecule has 0 unspecified atom stereocenters. The van der Waals surface area contributed by atoms with Crippen molar-refractivity contribution in [3.63, 3.8) is 0 Å². The van der Waals surface area contributed by atoms with Crippen molar-refractivity contribution in [1.82, 2.24) is 0 Å². The average Bonchev–Trinajstić information content (AvgIpc) is 2.03. The van der Waals surface area contributed by atoms with Crippen LogP contribution in [0.4, 0.5) is 12.9 Å². The van der Waals surface area contributed by atoms with E-state index in [-0.39, 0.29) is 0 Å². The molecule has 1 rings (SSSR count). The SMILES string of the molecule is CCC1CCC([B-](F)(F)F)CC1. The molecule has 0 radical (unpaired) electrons. The number of halogens is 3. The molecule has 1 aliphatic rings. The van der Waals surface area contributed by atoms with Crippen LogP contribution < -0.4 is 0 Å². The van der Waals surface area contributed by atoms with Crippen LogP contribution in [0.25, 0.3) is 0 Å². The van der Waals surface area contributed by atoms with E-state index >= 15 is 0 Å². The van der Waals surface area contributed by atoms with Gasteiger partial charge < -0.3 is 12.9 Å². The molecule has 0 aromatic carbocycles. The van der Waals surface area contributed by atoms with Crippen LogP contribution >= 0.6 is 0 Å². The van der Waals surface area contributed by atoms with Crippen molar-refractivity contribution in [2.75, 3.05) is 0 Å². The van der Waals surface area contributed by atoms with Gasteiger partial charge in [-0.15, -0.1) is 0 Å². The topological polar surface area (TPSA) is 0 Å². The third-order valence-electron chi connectivity index (χ3n) is 3.00. The summed E-state index contributed by atoms with van der Waals surface area (Å²) in [6.07, 6.45) is 3.35. The minimum Gasteiger partial charge on any atom is -0.449 e. The lowest BCUT2D eigenvalue weighted by molar-refractivity contribution is 0.305. The van der Waals surface area contributed by atoms with Crippen LogP contribution in [0.2, 0.25) is 5.82 Å². The third kappa shape index (κ3) is 2.42. The summed E-state index contributed by atoms with van der Waals surface area (Å²) in [4.78, 5) is 0. The van der Waals surface area contributed by atoms with Crippen LogP contribution in [0.1, 0.15) is 39.0 Å². The zero-order valence-corrected chi connectivity index (χ0v) is 7.40. The molecule has 0 amide bonds. The van der Waals surface area contributed by atoms with E-state index in [2.05, 4.69) is 6.92 Å². The molecule has 4 heteroatoms. The Morgan fingerprint density at radius 2 is 1.58 bits per heavy atom. The van der Waals surface area contributed by atoms with Gasteiger partial charge in [-0.05, 0) is 5.92 Å². The first kappa shape index (κ1) is 9.94. The maximum Gasteiger partial charge on any atom is 0.481 e. The second-order valence-electron chi connectivity index (χ2n) is 3.81. The second-order valence-corrected chi connectivity index (χ2v) is 3.81. The Labute approximate surface area is 71.6 Å². The predicted molar refractivity (Wildman–Crippen MR) is 45.1 cm³/mol. The molecule has 0 bridgehead atoms. The molecule has 0 aliphatic heterocycles. The fourth-order valence-electron chi connectivity index (χ4n) is 1.97. The summed E-state index contributed by atoms with van der Waals surface area (Å²) in [7, 11) is 0. The Balaban J connectivity index is 2.36. The van der Waals surface area contributed by atoms with Crippen molar-refractivity contribution in [1.29, 1.82) is 0 Å². The molecule has 0 heterocycles. The molecule has 0 aromatic rings. The highest BCUT2D eigenvalue weighted by Gasteiger charge is 2.36. The summed E-state index contributed by atoms with van der Waals surface area (Å²) in [5.41, 5.74) is 0. The standard InChI is InChI=1S/C8H15BF3/c1-2-7-3-5-8(6-4-7)9(10,11)12/h7-8H,2-6H2,1H3/q-1. The smallest absolute Gasteiger partial charge is 0.449 e. The number of hydrogen-bond acceptors (Lipinski definition) is 0. The minimum atomic E-state index is -4.55. The quantitative estimate of drug-likeness (QED) is 0.565. The molecule has 72 valence electrons. The maximum atomic E-state index is 12.2. The van der Waals surface area contributed by atoms with Gasteiger partial charge in [0.1, 0.15) is 0 Å². The summed E-state index contributed by atoms with van der Waals surface area (Å²) >= 11 is 0. The van der Waals surface area contributed by atoms with Crippen LogP contribution in [-0.4, -0.2) is 6.98 Å². The second kappa shape index (κ2) is 3.71. The van der Waals surface area contributed by atoms with Crippen LogP contribution in [0, 0.1) is 5.92 Å². The van der Waals surface area contributed by atoms with E-state index in [1.54, 1.807) is 0 Å². The summed E-state index contributed by atoms with van der Waals surface area (Å²) in [5, 5.41) is 0. The minimum absolute atomic E-state index is 0.377. The van der Waals surface area contributed by atoms with Gasteiger partial charge in [0.2, 0.25) is 0 Å². The summed E-state index contributed by atoms with van der Waals surface area (Å²) < 4.78 is 36.7. The largest absolute Gasteiger partial charge is 0.481 e. The van der Waals surface area contributed by atoms with E-state index in [0.29, 0.717) is 18.8 Å². The van der Waals surface area contributed by atoms with E-state index in [1.165, 1.54) is 0 Å². The highest BCUT2D eigenvalue weighted by Crippen LogP contribution is 2.41. The molecule has 1 fully saturated rings. The Bertz CT molecular complexity index is 136. The van der Waals surface area contributed by atoms with Gasteiger partial charge >= 0.3 is 6.98 Å². The molecule has 0 aromatic heterocycles. The Morgan fingerprint density at radius 1 is 1.08 bits per heavy atom. The first-order chi connectivity index (χ1) is 5.54. The molecular formula is C8H15BF3-. The van der Waals surface area contributed by atoms with Gasteiger partial charge in [0.05, 0.1) is 0 Å². The highest BCUT2D eigenvalue weighted by atomic mass is 19.4. The molecule has 1 aliphatic carbocycles. The lowest BCUT2D eigenvalue weighted by Crippen LogP contribution is -2.27. The Hall–Kier alpha value is -0.145. The molecule has 0 N–H and O–H groups in total. The Morgan fingerprint density at radius 3 is 1.92 bits per heavy atom. The molecular weight excluding hydrogens is 164 g/mol. The zero-order chi connectivity index (χ0) is 9.19. The lowest BCUT2D eigenvalue weighted by atomic mass is 9.63. The van der Waals surface area contributed by atoms with Gasteiger partial charge in [0.15, 0.2) is 0 Å². The Kier molecular flexibility index (Phi) is 3.07. The summed E-state index contributed by atoms with van der Waals surface area (Å²) in [6, 6.07) is 0. The van der Waals surface area contributed by atoms with Gasteiger partial charge in [-0.3, -0.25) is 0 Å². The maximum absolute atomic E-state index is 12.2. The number of rotatable bonds is 2. The first-order valence-electron chi connectivity index (χ1n) is 4.74. The molecule has 12 heavy (non-hydrogen) atoms. The van der Waals surface area contributed by atoms with Gasteiger partial charge in [-0.1, -0.05) is 44.8 Å². The van der Waals surface area contributed by atoms with E-state index < -0.39 is 12.8 Å². The van der Waals surface area contributed by atoms with Crippen molar-refractivity contribution in [3.8, 4) is 0 Å². The lowest BCUT2D eigenvalue weighted by Gasteiger charge is -2.33. The van der Waals surface area contributed by atoms with E-state index in [0.717, 1.165) is 19.3 Å². The molecule has 0 nitrogen and oxygen atoms in total. The van der Waals surface area contributed by atoms with Crippen molar-refractivity contribution < 1.29 is 12.9 Å². The van der Waals surface area contributed by atoms with Crippen LogP contribution in [-0.2, 0) is 0 Å². The van der Waals surface area contributed by atoms with Crippen LogP contribution in [0.3, 0.4) is 0 Å². The summed E-state index contributed by atoms with van der Waals surface area (Å²) in [6.45, 7) is -2.50. The van der Waals surface area contributed by atoms with Crippen molar-refractivity contribution in [2.45, 2.75) is 44.8 Å². The van der Waals surface area contributed by atoms with Crippen molar-refractivity contribution in [2.24, 2.45) is 5.92 Å². The van der Waals surface area contributed by atoms with Gasteiger partial charge in [0.25, 0.3) is 0 Å². The van der Waals surface area contributed by atoms with Gasteiger partial charge in [0, 0.05) is 0 Å². The average molecular weight is 179 g/mol. The van der Waals surface area contributed by atoms with Crippen LogP contribution in [0.15, 0.2) is 0 Å². The fourth-order valence-corrected chi connectivity index (χ4v) is 1.97. The van der Waals surface area contributed by atoms with Gasteiger partial charge in [-0.25, -0.2) is 0 Å². The molecule has 1 saturated carbocycles. The zero-order valence-electron chi connectivity index (χ0n) is 7.40. The fraction of sp³-hybridized carbons (Fsp3) is 1.00. The van der Waals surface area contributed by atoms with Crippen molar-refractivity contribution >= 4 is 6.98 Å². The molecule has 0 spiro atoms. The highest BCUT2D eigenvalue weighted by molar-refractivity contribution is 6.60. The van der Waals surface area contributed by atoms with E-state index in [1.807, 2.05) is 0 Å². The third-order valence-corrected chi connectivity index (χ3v) is 3.00. The molecule has 0 saturated heterocycles. The monoisotopic (exact) mass is 179 g/mol.